The minimum absolute atomic E-state index is 0.199. The first kappa shape index (κ1) is 13.3. The minimum Gasteiger partial charge on any atom is -0.444 e. The molecule has 1 amide bonds. The van der Waals surface area contributed by atoms with Crippen LogP contribution < -0.4 is 0 Å². The third kappa shape index (κ3) is 5.10. The number of ether oxygens (including phenoxy) is 1. The summed E-state index contributed by atoms with van der Waals surface area (Å²) >= 11 is 0. The van der Waals surface area contributed by atoms with Crippen molar-refractivity contribution < 1.29 is 9.53 Å². The van der Waals surface area contributed by atoms with Gasteiger partial charge in [-0.25, -0.2) is 4.79 Å². The van der Waals surface area contributed by atoms with E-state index < -0.39 is 5.60 Å². The molecule has 0 spiro atoms. The summed E-state index contributed by atoms with van der Waals surface area (Å²) in [7, 11) is 0. The average Bonchev–Trinajstić information content (AvgIpc) is 1.95. The van der Waals surface area contributed by atoms with Gasteiger partial charge in [0.2, 0.25) is 0 Å². The standard InChI is InChI=1S/C11H23NO2/c1-7-8-12(9(2)3)10(13)14-11(4,5)6/h9H,7-8H2,1-6H3. The van der Waals surface area contributed by atoms with Crippen LogP contribution in [0.4, 0.5) is 4.79 Å². The van der Waals surface area contributed by atoms with Crippen LogP contribution in [0.2, 0.25) is 0 Å². The molecule has 0 aromatic rings. The smallest absolute Gasteiger partial charge is 0.410 e. The van der Waals surface area contributed by atoms with E-state index in [1.807, 2.05) is 34.6 Å². The molecule has 0 heterocycles. The van der Waals surface area contributed by atoms with Crippen LogP contribution in [-0.2, 0) is 4.74 Å². The zero-order valence-electron chi connectivity index (χ0n) is 10.3. The summed E-state index contributed by atoms with van der Waals surface area (Å²) in [6.07, 6.45) is 0.742. The lowest BCUT2D eigenvalue weighted by atomic mass is 10.2. The van der Waals surface area contributed by atoms with Gasteiger partial charge in [-0.05, 0) is 41.0 Å². The van der Waals surface area contributed by atoms with Crippen LogP contribution in [0.1, 0.15) is 48.0 Å². The Hall–Kier alpha value is -0.730. The third-order valence-corrected chi connectivity index (χ3v) is 1.72. The number of hydrogen-bond donors (Lipinski definition) is 0. The molecule has 0 fully saturated rings. The van der Waals surface area contributed by atoms with Crippen LogP contribution in [-0.4, -0.2) is 29.2 Å². The number of amides is 1. The van der Waals surface area contributed by atoms with Crippen LogP contribution in [0, 0.1) is 0 Å². The van der Waals surface area contributed by atoms with Crippen LogP contribution in [0.15, 0.2) is 0 Å². The molecule has 3 heteroatoms. The largest absolute Gasteiger partial charge is 0.444 e. The van der Waals surface area contributed by atoms with Gasteiger partial charge in [-0.15, -0.1) is 0 Å². The lowest BCUT2D eigenvalue weighted by Crippen LogP contribution is -2.41. The summed E-state index contributed by atoms with van der Waals surface area (Å²) in [5, 5.41) is 0. The summed E-state index contributed by atoms with van der Waals surface area (Å²) in [6.45, 7) is 12.5. The van der Waals surface area contributed by atoms with Gasteiger partial charge in [0.05, 0.1) is 0 Å². The zero-order valence-corrected chi connectivity index (χ0v) is 10.3. The van der Waals surface area contributed by atoms with E-state index in [-0.39, 0.29) is 12.1 Å². The monoisotopic (exact) mass is 201 g/mol. The molecule has 14 heavy (non-hydrogen) atoms. The molecule has 3 nitrogen and oxygen atoms in total. The molecule has 0 saturated carbocycles. The van der Waals surface area contributed by atoms with Crippen molar-refractivity contribution in [1.29, 1.82) is 0 Å². The Morgan fingerprint density at radius 2 is 1.86 bits per heavy atom. The SMILES string of the molecule is CCCN(C(=O)OC(C)(C)C)C(C)C. The van der Waals surface area contributed by atoms with Crippen LogP contribution in [0.5, 0.6) is 0 Å². The predicted molar refractivity (Wildman–Crippen MR) is 58.4 cm³/mol. The molecular weight excluding hydrogens is 178 g/mol. The number of carbonyl (C=O) groups is 1. The molecule has 0 saturated heterocycles. The number of nitrogens with zero attached hydrogens (tertiary/aromatic N) is 1. The van der Waals surface area contributed by atoms with Crippen molar-refractivity contribution in [3.05, 3.63) is 0 Å². The van der Waals surface area contributed by atoms with Gasteiger partial charge in [0.15, 0.2) is 0 Å². The first-order valence-corrected chi connectivity index (χ1v) is 5.27. The van der Waals surface area contributed by atoms with Gasteiger partial charge in [-0.3, -0.25) is 0 Å². The van der Waals surface area contributed by atoms with E-state index in [2.05, 4.69) is 6.92 Å². The topological polar surface area (TPSA) is 29.5 Å². The molecule has 0 radical (unpaired) electrons. The predicted octanol–water partition coefficient (Wildman–Crippen LogP) is 3.04. The number of hydrogen-bond acceptors (Lipinski definition) is 2. The molecule has 0 aliphatic rings. The second-order valence-electron chi connectivity index (χ2n) is 4.77. The lowest BCUT2D eigenvalue weighted by molar-refractivity contribution is 0.0191. The Morgan fingerprint density at radius 3 is 2.14 bits per heavy atom. The first-order chi connectivity index (χ1) is 6.28. The van der Waals surface area contributed by atoms with E-state index in [1.165, 1.54) is 0 Å². The third-order valence-electron chi connectivity index (χ3n) is 1.72. The maximum absolute atomic E-state index is 11.7. The van der Waals surface area contributed by atoms with Crippen LogP contribution in [0.25, 0.3) is 0 Å². The molecule has 0 unspecified atom stereocenters. The highest BCUT2D eigenvalue weighted by Crippen LogP contribution is 2.12. The Labute approximate surface area is 87.4 Å². The lowest BCUT2D eigenvalue weighted by Gasteiger charge is -2.29. The van der Waals surface area contributed by atoms with E-state index in [0.717, 1.165) is 13.0 Å². The van der Waals surface area contributed by atoms with E-state index in [1.54, 1.807) is 4.90 Å². The highest BCUT2D eigenvalue weighted by molar-refractivity contribution is 5.68. The quantitative estimate of drug-likeness (QED) is 0.702. The summed E-state index contributed by atoms with van der Waals surface area (Å²) in [5.74, 6) is 0. The van der Waals surface area contributed by atoms with E-state index in [4.69, 9.17) is 4.74 Å². The van der Waals surface area contributed by atoms with Crippen molar-refractivity contribution in [3.63, 3.8) is 0 Å². The first-order valence-electron chi connectivity index (χ1n) is 5.27. The van der Waals surface area contributed by atoms with Gasteiger partial charge in [0, 0.05) is 12.6 Å². The Kier molecular flexibility index (Phi) is 4.95. The Balaban J connectivity index is 4.30. The van der Waals surface area contributed by atoms with Gasteiger partial charge in [-0.1, -0.05) is 6.92 Å². The molecule has 0 bridgehead atoms. The van der Waals surface area contributed by atoms with Gasteiger partial charge in [0.1, 0.15) is 5.60 Å². The highest BCUT2D eigenvalue weighted by atomic mass is 16.6. The maximum Gasteiger partial charge on any atom is 0.410 e. The maximum atomic E-state index is 11.7. The second-order valence-corrected chi connectivity index (χ2v) is 4.77. The van der Waals surface area contributed by atoms with E-state index in [0.29, 0.717) is 0 Å². The summed E-state index contributed by atoms with van der Waals surface area (Å²) < 4.78 is 5.30. The molecule has 84 valence electrons. The van der Waals surface area contributed by atoms with Crippen molar-refractivity contribution >= 4 is 6.09 Å². The van der Waals surface area contributed by atoms with Gasteiger partial charge >= 0.3 is 6.09 Å². The van der Waals surface area contributed by atoms with Gasteiger partial charge in [0.25, 0.3) is 0 Å². The van der Waals surface area contributed by atoms with Crippen molar-refractivity contribution in [2.24, 2.45) is 0 Å². The molecular formula is C11H23NO2. The van der Waals surface area contributed by atoms with E-state index >= 15 is 0 Å². The number of carbonyl (C=O) groups excluding carboxylic acids is 1. The van der Waals surface area contributed by atoms with Crippen molar-refractivity contribution in [3.8, 4) is 0 Å². The molecule has 0 N–H and O–H groups in total. The highest BCUT2D eigenvalue weighted by Gasteiger charge is 2.23. The van der Waals surface area contributed by atoms with Crippen molar-refractivity contribution in [1.82, 2.24) is 4.90 Å². The van der Waals surface area contributed by atoms with Gasteiger partial charge < -0.3 is 9.64 Å². The van der Waals surface area contributed by atoms with E-state index in [9.17, 15) is 4.79 Å². The fourth-order valence-corrected chi connectivity index (χ4v) is 1.12. The summed E-state index contributed by atoms with van der Waals surface area (Å²) in [4.78, 5) is 13.4. The van der Waals surface area contributed by atoms with Crippen LogP contribution in [0.3, 0.4) is 0 Å². The second kappa shape index (κ2) is 5.23. The zero-order chi connectivity index (χ0) is 11.4. The van der Waals surface area contributed by atoms with Crippen molar-refractivity contribution in [2.75, 3.05) is 6.54 Å². The number of rotatable bonds is 3. The molecule has 0 rings (SSSR count). The van der Waals surface area contributed by atoms with Crippen molar-refractivity contribution in [2.45, 2.75) is 59.6 Å². The summed E-state index contributed by atoms with van der Waals surface area (Å²) in [6, 6.07) is 0.199. The Morgan fingerprint density at radius 1 is 1.36 bits per heavy atom. The van der Waals surface area contributed by atoms with Crippen LogP contribution >= 0.6 is 0 Å². The Bertz CT molecular complexity index is 182. The molecule has 0 aliphatic carbocycles. The normalized spacial score (nSPS) is 11.6. The molecule has 0 aliphatic heterocycles. The summed E-state index contributed by atoms with van der Waals surface area (Å²) in [5.41, 5.74) is -0.405. The molecule has 0 aromatic carbocycles. The minimum atomic E-state index is -0.405. The fraction of sp³-hybridized carbons (Fsp3) is 0.909. The molecule has 0 atom stereocenters. The fourth-order valence-electron chi connectivity index (χ4n) is 1.12. The van der Waals surface area contributed by atoms with Gasteiger partial charge in [-0.2, -0.15) is 0 Å². The average molecular weight is 201 g/mol. The molecule has 0 aromatic heterocycles.